The number of amides is 1. The van der Waals surface area contributed by atoms with Crippen LogP contribution in [0.4, 0.5) is 9.18 Å². The van der Waals surface area contributed by atoms with Crippen molar-refractivity contribution in [1.82, 2.24) is 4.90 Å². The fraction of sp³-hybridized carbons (Fsp3) is 0.529. The Labute approximate surface area is 134 Å². The summed E-state index contributed by atoms with van der Waals surface area (Å²) in [5.41, 5.74) is -1.04. The first kappa shape index (κ1) is 15.8. The van der Waals surface area contributed by atoms with Gasteiger partial charge in [-0.15, -0.1) is 0 Å². The molecule has 3 rings (SSSR count). The number of ether oxygens (including phenoxy) is 2. The summed E-state index contributed by atoms with van der Waals surface area (Å²) < 4.78 is 24.6. The third-order valence-electron chi connectivity index (χ3n) is 4.02. The van der Waals surface area contributed by atoms with Gasteiger partial charge >= 0.3 is 6.09 Å². The van der Waals surface area contributed by atoms with Crippen LogP contribution in [0.25, 0.3) is 0 Å². The van der Waals surface area contributed by atoms with Crippen molar-refractivity contribution in [2.45, 2.75) is 44.8 Å². The zero-order chi connectivity index (χ0) is 16.8. The predicted octanol–water partition coefficient (Wildman–Crippen LogP) is 3.17. The second kappa shape index (κ2) is 5.22. The molecule has 2 heterocycles. The molecule has 1 saturated heterocycles. The highest BCUT2D eigenvalue weighted by atomic mass is 19.1. The molecule has 2 aliphatic rings. The van der Waals surface area contributed by atoms with Gasteiger partial charge in [0.2, 0.25) is 0 Å². The Kier molecular flexibility index (Phi) is 3.58. The Morgan fingerprint density at radius 3 is 2.83 bits per heavy atom. The third-order valence-corrected chi connectivity index (χ3v) is 4.02. The number of ketones is 1. The van der Waals surface area contributed by atoms with Gasteiger partial charge in [-0.05, 0) is 39.0 Å². The van der Waals surface area contributed by atoms with E-state index in [9.17, 15) is 14.0 Å². The van der Waals surface area contributed by atoms with Crippen molar-refractivity contribution in [1.29, 1.82) is 0 Å². The predicted molar refractivity (Wildman–Crippen MR) is 81.1 cm³/mol. The van der Waals surface area contributed by atoms with Gasteiger partial charge in [-0.3, -0.25) is 4.79 Å². The molecule has 1 amide bonds. The molecule has 5 nitrogen and oxygen atoms in total. The van der Waals surface area contributed by atoms with Crippen LogP contribution >= 0.6 is 0 Å². The molecule has 1 unspecified atom stereocenters. The van der Waals surface area contributed by atoms with E-state index in [-0.39, 0.29) is 17.8 Å². The summed E-state index contributed by atoms with van der Waals surface area (Å²) in [6.07, 6.45) is 0.285. The van der Waals surface area contributed by atoms with Crippen LogP contribution in [0.15, 0.2) is 18.2 Å². The summed E-state index contributed by atoms with van der Waals surface area (Å²) >= 11 is 0. The fourth-order valence-corrected chi connectivity index (χ4v) is 3.02. The fourth-order valence-electron chi connectivity index (χ4n) is 3.02. The van der Waals surface area contributed by atoms with Crippen LogP contribution in [0.2, 0.25) is 0 Å². The molecule has 0 radical (unpaired) electrons. The lowest BCUT2D eigenvalue weighted by atomic mass is 9.89. The molecule has 0 bridgehead atoms. The topological polar surface area (TPSA) is 55.8 Å². The van der Waals surface area contributed by atoms with Crippen LogP contribution in [0, 0.1) is 5.82 Å². The lowest BCUT2D eigenvalue weighted by molar-refractivity contribution is 0.0171. The number of benzene rings is 1. The molecule has 1 atom stereocenters. The van der Waals surface area contributed by atoms with E-state index >= 15 is 0 Å². The van der Waals surface area contributed by atoms with E-state index in [0.717, 1.165) is 0 Å². The van der Waals surface area contributed by atoms with Gasteiger partial charge in [-0.1, -0.05) is 0 Å². The van der Waals surface area contributed by atoms with E-state index in [0.29, 0.717) is 25.3 Å². The first-order valence-electron chi connectivity index (χ1n) is 7.67. The Morgan fingerprint density at radius 1 is 1.39 bits per heavy atom. The van der Waals surface area contributed by atoms with Gasteiger partial charge in [0, 0.05) is 13.0 Å². The summed E-state index contributed by atoms with van der Waals surface area (Å²) in [5.74, 6) is -0.232. The highest BCUT2D eigenvalue weighted by Crippen LogP contribution is 2.39. The first-order valence-corrected chi connectivity index (χ1v) is 7.67. The van der Waals surface area contributed by atoms with Gasteiger partial charge < -0.3 is 14.4 Å². The lowest BCUT2D eigenvalue weighted by Crippen LogP contribution is -2.46. The number of hydrogen-bond acceptors (Lipinski definition) is 4. The van der Waals surface area contributed by atoms with Crippen LogP contribution in [0.1, 0.15) is 44.0 Å². The average molecular weight is 321 g/mol. The second-order valence-corrected chi connectivity index (χ2v) is 7.18. The Bertz CT molecular complexity index is 667. The minimum atomic E-state index is -0.737. The number of rotatable bonds is 0. The van der Waals surface area contributed by atoms with Gasteiger partial charge in [0.25, 0.3) is 0 Å². The Morgan fingerprint density at radius 2 is 2.13 bits per heavy atom. The number of halogens is 1. The maximum atomic E-state index is 13.3. The standard InChI is InChI=1S/C17H20FNO4/c1-16(2,3)23-15(21)19-7-6-17(10-19)9-13(20)12-8-11(18)4-5-14(12)22-17/h4-5,8H,6-7,9-10H2,1-3H3. The summed E-state index contributed by atoms with van der Waals surface area (Å²) in [7, 11) is 0. The summed E-state index contributed by atoms with van der Waals surface area (Å²) in [5, 5.41) is 0. The number of likely N-dealkylation sites (tertiary alicyclic amines) is 1. The first-order chi connectivity index (χ1) is 10.7. The van der Waals surface area contributed by atoms with Crippen molar-refractivity contribution in [3.8, 4) is 5.75 Å². The molecule has 1 aromatic carbocycles. The van der Waals surface area contributed by atoms with Crippen molar-refractivity contribution in [3.05, 3.63) is 29.6 Å². The zero-order valence-electron chi connectivity index (χ0n) is 13.5. The number of nitrogens with zero attached hydrogens (tertiary/aromatic N) is 1. The van der Waals surface area contributed by atoms with Crippen LogP contribution in [0.3, 0.4) is 0 Å². The molecular weight excluding hydrogens is 301 g/mol. The quantitative estimate of drug-likeness (QED) is 0.736. The van der Waals surface area contributed by atoms with E-state index in [1.807, 2.05) is 20.8 Å². The molecule has 0 aliphatic carbocycles. The molecule has 0 saturated carbocycles. The van der Waals surface area contributed by atoms with Gasteiger partial charge in [-0.2, -0.15) is 0 Å². The van der Waals surface area contributed by atoms with Crippen LogP contribution in [-0.2, 0) is 4.74 Å². The molecule has 1 aromatic rings. The van der Waals surface area contributed by atoms with E-state index in [1.165, 1.54) is 18.2 Å². The molecule has 0 aromatic heterocycles. The van der Waals surface area contributed by atoms with Crippen LogP contribution in [0.5, 0.6) is 5.75 Å². The number of Topliss-reactive ketones (excluding diaryl/α,β-unsaturated/α-hetero) is 1. The zero-order valence-corrected chi connectivity index (χ0v) is 13.5. The van der Waals surface area contributed by atoms with E-state index in [4.69, 9.17) is 9.47 Å². The van der Waals surface area contributed by atoms with Gasteiger partial charge in [0.1, 0.15) is 22.8 Å². The maximum absolute atomic E-state index is 13.3. The van der Waals surface area contributed by atoms with E-state index < -0.39 is 23.1 Å². The van der Waals surface area contributed by atoms with Crippen molar-refractivity contribution in [2.24, 2.45) is 0 Å². The lowest BCUT2D eigenvalue weighted by Gasteiger charge is -2.34. The largest absolute Gasteiger partial charge is 0.484 e. The molecule has 1 fully saturated rings. The Hall–Kier alpha value is -2.11. The van der Waals surface area contributed by atoms with Crippen molar-refractivity contribution < 1.29 is 23.5 Å². The highest BCUT2D eigenvalue weighted by Gasteiger charge is 2.47. The number of carbonyl (C=O) groups is 2. The highest BCUT2D eigenvalue weighted by molar-refractivity contribution is 6.00. The van der Waals surface area contributed by atoms with E-state index in [1.54, 1.807) is 4.90 Å². The molecule has 124 valence electrons. The molecule has 2 aliphatic heterocycles. The Balaban J connectivity index is 1.77. The summed E-state index contributed by atoms with van der Waals surface area (Å²) in [6.45, 7) is 6.19. The number of fused-ring (bicyclic) bond motifs is 1. The molecule has 6 heteroatoms. The molecule has 0 N–H and O–H groups in total. The van der Waals surface area contributed by atoms with E-state index in [2.05, 4.69) is 0 Å². The van der Waals surface area contributed by atoms with Gasteiger partial charge in [-0.25, -0.2) is 9.18 Å². The molecule has 1 spiro atoms. The van der Waals surface area contributed by atoms with Crippen molar-refractivity contribution >= 4 is 11.9 Å². The second-order valence-electron chi connectivity index (χ2n) is 7.18. The smallest absolute Gasteiger partial charge is 0.410 e. The van der Waals surface area contributed by atoms with Crippen molar-refractivity contribution in [3.63, 3.8) is 0 Å². The normalized spacial score (nSPS) is 23.7. The van der Waals surface area contributed by atoms with Gasteiger partial charge in [0.05, 0.1) is 18.5 Å². The number of hydrogen-bond donors (Lipinski definition) is 0. The molecular formula is C17H20FNO4. The van der Waals surface area contributed by atoms with Crippen LogP contribution in [-0.4, -0.2) is 41.1 Å². The van der Waals surface area contributed by atoms with Crippen molar-refractivity contribution in [2.75, 3.05) is 13.1 Å². The summed E-state index contributed by atoms with van der Waals surface area (Å²) in [6, 6.07) is 3.94. The SMILES string of the molecule is CC(C)(C)OC(=O)N1CCC2(CC(=O)c3cc(F)ccc3O2)C1. The monoisotopic (exact) mass is 321 g/mol. The van der Waals surface area contributed by atoms with Crippen LogP contribution < -0.4 is 4.74 Å². The third kappa shape index (κ3) is 3.16. The average Bonchev–Trinajstić information content (AvgIpc) is 2.82. The summed E-state index contributed by atoms with van der Waals surface area (Å²) in [4.78, 5) is 26.1. The minimum absolute atomic E-state index is 0.142. The minimum Gasteiger partial charge on any atom is -0.484 e. The number of carbonyl (C=O) groups excluding carboxylic acids is 2. The van der Waals surface area contributed by atoms with Gasteiger partial charge in [0.15, 0.2) is 5.78 Å². The molecule has 23 heavy (non-hydrogen) atoms. The maximum Gasteiger partial charge on any atom is 0.410 e.